The molecular weight excluding hydrogens is 321 g/mol. The van der Waals surface area contributed by atoms with Crippen molar-refractivity contribution in [1.29, 1.82) is 0 Å². The molecule has 0 radical (unpaired) electrons. The second-order valence-corrected chi connectivity index (χ2v) is 7.17. The summed E-state index contributed by atoms with van der Waals surface area (Å²) in [7, 11) is -3.94. The van der Waals surface area contributed by atoms with E-state index in [1.54, 1.807) is 6.92 Å². The summed E-state index contributed by atoms with van der Waals surface area (Å²) >= 11 is 5.82. The Morgan fingerprint density at radius 3 is 2.71 bits per heavy atom. The van der Waals surface area contributed by atoms with E-state index in [1.807, 2.05) is 0 Å². The Morgan fingerprint density at radius 1 is 1.52 bits per heavy atom. The highest BCUT2D eigenvalue weighted by Gasteiger charge is 2.44. The third kappa shape index (κ3) is 2.90. The van der Waals surface area contributed by atoms with Gasteiger partial charge in [-0.3, -0.25) is 4.79 Å². The van der Waals surface area contributed by atoms with Gasteiger partial charge in [0.15, 0.2) is 0 Å². The van der Waals surface area contributed by atoms with Gasteiger partial charge < -0.3 is 5.11 Å². The van der Waals surface area contributed by atoms with Gasteiger partial charge in [0.05, 0.1) is 10.9 Å². The van der Waals surface area contributed by atoms with Gasteiger partial charge >= 0.3 is 5.97 Å². The van der Waals surface area contributed by atoms with Gasteiger partial charge in [0.2, 0.25) is 10.0 Å². The molecule has 0 spiro atoms. The second-order valence-electron chi connectivity index (χ2n) is 4.90. The van der Waals surface area contributed by atoms with Crippen molar-refractivity contribution in [3.63, 3.8) is 0 Å². The zero-order valence-electron chi connectivity index (χ0n) is 11.3. The fourth-order valence-electron chi connectivity index (χ4n) is 2.71. The number of benzene rings is 1. The largest absolute Gasteiger partial charge is 0.481 e. The van der Waals surface area contributed by atoms with Crippen LogP contribution in [0.25, 0.3) is 0 Å². The second kappa shape index (κ2) is 5.90. The van der Waals surface area contributed by atoms with Crippen molar-refractivity contribution < 1.29 is 22.7 Å². The molecule has 2 rings (SSSR count). The molecule has 0 aliphatic carbocycles. The highest BCUT2D eigenvalue weighted by molar-refractivity contribution is 7.89. The zero-order valence-corrected chi connectivity index (χ0v) is 12.9. The first-order chi connectivity index (χ1) is 9.78. The Kier molecular flexibility index (Phi) is 4.55. The summed E-state index contributed by atoms with van der Waals surface area (Å²) in [6.45, 7) is 1.85. The normalized spacial score (nSPS) is 23.4. The fraction of sp³-hybridized carbons (Fsp3) is 0.462. The molecular formula is C13H15ClFNO4S. The summed E-state index contributed by atoms with van der Waals surface area (Å²) in [5, 5.41) is 8.96. The number of nitrogens with zero attached hydrogens (tertiary/aromatic N) is 1. The molecule has 21 heavy (non-hydrogen) atoms. The molecule has 1 aromatic rings. The average Bonchev–Trinajstić information content (AvgIpc) is 2.82. The van der Waals surface area contributed by atoms with Crippen LogP contribution in [0.5, 0.6) is 0 Å². The van der Waals surface area contributed by atoms with Crippen LogP contribution in [0, 0.1) is 11.7 Å². The van der Waals surface area contributed by atoms with Crippen molar-refractivity contribution in [3.8, 4) is 0 Å². The number of carbonyl (C=O) groups is 1. The molecule has 0 aromatic heterocycles. The smallest absolute Gasteiger partial charge is 0.308 e. The van der Waals surface area contributed by atoms with Crippen LogP contribution >= 0.6 is 11.6 Å². The molecule has 1 fully saturated rings. The minimum atomic E-state index is -3.94. The maximum atomic E-state index is 13.1. The quantitative estimate of drug-likeness (QED) is 0.916. The number of rotatable bonds is 4. The van der Waals surface area contributed by atoms with Crippen molar-refractivity contribution in [2.45, 2.75) is 30.7 Å². The van der Waals surface area contributed by atoms with Crippen molar-refractivity contribution in [2.24, 2.45) is 5.92 Å². The Morgan fingerprint density at radius 2 is 2.19 bits per heavy atom. The number of carboxylic acids is 1. The summed E-state index contributed by atoms with van der Waals surface area (Å²) in [5.74, 6) is -2.37. The number of hydrogen-bond donors (Lipinski definition) is 1. The fourth-order valence-corrected chi connectivity index (χ4v) is 4.97. The van der Waals surface area contributed by atoms with Crippen LogP contribution in [0.15, 0.2) is 23.1 Å². The van der Waals surface area contributed by atoms with Crippen LogP contribution in [0.2, 0.25) is 5.02 Å². The van der Waals surface area contributed by atoms with Crippen molar-refractivity contribution in [3.05, 3.63) is 29.0 Å². The molecule has 1 saturated heterocycles. The summed E-state index contributed by atoms with van der Waals surface area (Å²) < 4.78 is 39.5. The lowest BCUT2D eigenvalue weighted by Gasteiger charge is -2.25. The third-order valence-corrected chi connectivity index (χ3v) is 6.12. The monoisotopic (exact) mass is 335 g/mol. The van der Waals surface area contributed by atoms with E-state index in [2.05, 4.69) is 0 Å². The van der Waals surface area contributed by atoms with Crippen molar-refractivity contribution in [1.82, 2.24) is 4.31 Å². The molecule has 116 valence electrons. The molecule has 0 amide bonds. The highest BCUT2D eigenvalue weighted by atomic mass is 35.5. The van der Waals surface area contributed by atoms with Crippen LogP contribution in [-0.2, 0) is 14.8 Å². The molecule has 1 aliphatic rings. The summed E-state index contributed by atoms with van der Waals surface area (Å²) in [6.07, 6.45) is 0.640. The number of halogens is 2. The minimum Gasteiger partial charge on any atom is -0.481 e. The van der Waals surface area contributed by atoms with Gasteiger partial charge in [-0.05, 0) is 31.0 Å². The molecule has 2 atom stereocenters. The van der Waals surface area contributed by atoms with E-state index < -0.39 is 33.8 Å². The van der Waals surface area contributed by atoms with Crippen molar-refractivity contribution >= 4 is 27.6 Å². The molecule has 1 heterocycles. The van der Waals surface area contributed by atoms with E-state index in [-0.39, 0.29) is 22.9 Å². The lowest BCUT2D eigenvalue weighted by Crippen LogP contribution is -2.39. The number of sulfonamides is 1. The standard InChI is InChI=1S/C13H15ClFNO4S/c1-2-11-9(13(17)18)5-6-16(11)21(19,20)12-4-3-8(15)7-10(12)14/h3-4,7,9,11H,2,5-6H2,1H3,(H,17,18). The highest BCUT2D eigenvalue weighted by Crippen LogP contribution is 2.34. The van der Waals surface area contributed by atoms with Crippen molar-refractivity contribution in [2.75, 3.05) is 6.54 Å². The molecule has 2 unspecified atom stereocenters. The maximum Gasteiger partial charge on any atom is 0.308 e. The topological polar surface area (TPSA) is 74.7 Å². The van der Waals surface area contributed by atoms with Gasteiger partial charge in [-0.1, -0.05) is 18.5 Å². The molecule has 1 N–H and O–H groups in total. The lowest BCUT2D eigenvalue weighted by atomic mass is 9.99. The van der Waals surface area contributed by atoms with Gasteiger partial charge in [0.1, 0.15) is 10.7 Å². The first kappa shape index (κ1) is 16.2. The van der Waals surface area contributed by atoms with Gasteiger partial charge in [-0.15, -0.1) is 0 Å². The Hall–Kier alpha value is -1.18. The molecule has 5 nitrogen and oxygen atoms in total. The van der Waals surface area contributed by atoms with Crippen LogP contribution < -0.4 is 0 Å². The van der Waals surface area contributed by atoms with Gasteiger partial charge in [-0.25, -0.2) is 12.8 Å². The van der Waals surface area contributed by atoms with Gasteiger partial charge in [-0.2, -0.15) is 4.31 Å². The predicted octanol–water partition coefficient (Wildman–Crippen LogP) is 2.35. The van der Waals surface area contributed by atoms with Crippen LogP contribution in [-0.4, -0.2) is 36.4 Å². The lowest BCUT2D eigenvalue weighted by molar-refractivity contribution is -0.142. The Balaban J connectivity index is 2.42. The van der Waals surface area contributed by atoms with Crippen LogP contribution in [0.3, 0.4) is 0 Å². The number of aliphatic carboxylic acids is 1. The third-order valence-electron chi connectivity index (χ3n) is 3.71. The van der Waals surface area contributed by atoms with E-state index in [0.29, 0.717) is 6.42 Å². The summed E-state index contributed by atoms with van der Waals surface area (Å²) in [4.78, 5) is 11.0. The zero-order chi connectivity index (χ0) is 15.8. The van der Waals surface area contributed by atoms with E-state index >= 15 is 0 Å². The van der Waals surface area contributed by atoms with Gasteiger partial charge in [0, 0.05) is 12.6 Å². The molecule has 0 saturated carbocycles. The van der Waals surface area contributed by atoms with E-state index in [4.69, 9.17) is 16.7 Å². The van der Waals surface area contributed by atoms with Gasteiger partial charge in [0.25, 0.3) is 0 Å². The van der Waals surface area contributed by atoms with E-state index in [9.17, 15) is 17.6 Å². The molecule has 1 aliphatic heterocycles. The first-order valence-electron chi connectivity index (χ1n) is 6.48. The molecule has 8 heteroatoms. The Bertz CT molecular complexity index is 664. The summed E-state index contributed by atoms with van der Waals surface area (Å²) in [5.41, 5.74) is 0. The van der Waals surface area contributed by atoms with E-state index in [0.717, 1.165) is 22.5 Å². The number of hydrogen-bond acceptors (Lipinski definition) is 3. The Labute approximate surface area is 127 Å². The first-order valence-corrected chi connectivity index (χ1v) is 8.30. The van der Waals surface area contributed by atoms with E-state index in [1.165, 1.54) is 0 Å². The van der Waals surface area contributed by atoms with Crippen LogP contribution in [0.1, 0.15) is 19.8 Å². The number of carboxylic acid groups (broad SMARTS) is 1. The predicted molar refractivity (Wildman–Crippen MR) is 75.1 cm³/mol. The molecule has 1 aromatic carbocycles. The molecule has 0 bridgehead atoms. The average molecular weight is 336 g/mol. The summed E-state index contributed by atoms with van der Waals surface area (Å²) in [6, 6.07) is 2.44. The minimum absolute atomic E-state index is 0.117. The maximum absolute atomic E-state index is 13.1. The SMILES string of the molecule is CCC1C(C(=O)O)CCN1S(=O)(=O)c1ccc(F)cc1Cl. The van der Waals surface area contributed by atoms with Crippen LogP contribution in [0.4, 0.5) is 4.39 Å².